The Hall–Kier alpha value is -2.36. The van der Waals surface area contributed by atoms with Gasteiger partial charge in [-0.3, -0.25) is 5.32 Å². The van der Waals surface area contributed by atoms with Gasteiger partial charge in [0.1, 0.15) is 17.7 Å². The van der Waals surface area contributed by atoms with E-state index < -0.39 is 5.54 Å². The van der Waals surface area contributed by atoms with Crippen LogP contribution in [0.1, 0.15) is 56.5 Å². The fraction of sp³-hybridized carbons (Fsp3) is 0.600. The molecule has 2 unspecified atom stereocenters. The Balaban J connectivity index is 2.26. The number of nitrogens with zero attached hydrogens (tertiary/aromatic N) is 5. The standard InChI is InChI=1S/C15H18N6/c1-2-6-20-15(10-18)5-3-4-12(7-15)21-11-19-13(8-16)14(21)9-17/h11-12,20H,2-7H2,1H3. The Morgan fingerprint density at radius 2 is 2.24 bits per heavy atom. The van der Waals surface area contributed by atoms with Crippen molar-refractivity contribution in [2.75, 3.05) is 6.54 Å². The molecule has 0 saturated heterocycles. The average molecular weight is 282 g/mol. The summed E-state index contributed by atoms with van der Waals surface area (Å²) >= 11 is 0. The predicted molar refractivity (Wildman–Crippen MR) is 75.8 cm³/mol. The average Bonchev–Trinajstić information content (AvgIpc) is 2.96. The molecule has 1 aliphatic rings. The number of nitriles is 3. The number of hydrogen-bond acceptors (Lipinski definition) is 5. The smallest absolute Gasteiger partial charge is 0.176 e. The van der Waals surface area contributed by atoms with E-state index in [0.717, 1.165) is 32.2 Å². The van der Waals surface area contributed by atoms with E-state index >= 15 is 0 Å². The van der Waals surface area contributed by atoms with E-state index in [2.05, 4.69) is 29.4 Å². The second-order valence-corrected chi connectivity index (χ2v) is 5.44. The highest BCUT2D eigenvalue weighted by molar-refractivity contribution is 5.36. The van der Waals surface area contributed by atoms with E-state index in [9.17, 15) is 10.5 Å². The first-order valence-corrected chi connectivity index (χ1v) is 7.23. The van der Waals surface area contributed by atoms with Crippen LogP contribution >= 0.6 is 0 Å². The Labute approximate surface area is 124 Å². The molecule has 0 aliphatic heterocycles. The second-order valence-electron chi connectivity index (χ2n) is 5.44. The molecule has 1 saturated carbocycles. The largest absolute Gasteiger partial charge is 0.318 e. The lowest BCUT2D eigenvalue weighted by atomic mass is 9.79. The van der Waals surface area contributed by atoms with Crippen molar-refractivity contribution in [3.63, 3.8) is 0 Å². The van der Waals surface area contributed by atoms with Gasteiger partial charge in [-0.25, -0.2) is 4.98 Å². The summed E-state index contributed by atoms with van der Waals surface area (Å²) in [7, 11) is 0. The number of hydrogen-bond donors (Lipinski definition) is 1. The van der Waals surface area contributed by atoms with Crippen molar-refractivity contribution in [1.29, 1.82) is 15.8 Å². The van der Waals surface area contributed by atoms with Crippen molar-refractivity contribution < 1.29 is 0 Å². The molecule has 6 heteroatoms. The van der Waals surface area contributed by atoms with E-state index in [1.165, 1.54) is 0 Å². The number of rotatable bonds is 4. The minimum atomic E-state index is -0.539. The molecular weight excluding hydrogens is 264 g/mol. The lowest BCUT2D eigenvalue weighted by Crippen LogP contribution is -2.48. The van der Waals surface area contributed by atoms with Gasteiger partial charge in [-0.1, -0.05) is 6.92 Å². The van der Waals surface area contributed by atoms with Crippen molar-refractivity contribution in [3.8, 4) is 18.2 Å². The summed E-state index contributed by atoms with van der Waals surface area (Å²) in [4.78, 5) is 3.99. The van der Waals surface area contributed by atoms with Gasteiger partial charge in [-0.15, -0.1) is 0 Å². The van der Waals surface area contributed by atoms with E-state index in [4.69, 9.17) is 5.26 Å². The van der Waals surface area contributed by atoms with Gasteiger partial charge >= 0.3 is 0 Å². The summed E-state index contributed by atoms with van der Waals surface area (Å²) in [5.41, 5.74) is -0.0817. The minimum absolute atomic E-state index is 0.0343. The van der Waals surface area contributed by atoms with Gasteiger partial charge in [0.25, 0.3) is 0 Å². The minimum Gasteiger partial charge on any atom is -0.318 e. The number of nitrogens with one attached hydrogen (secondary N) is 1. The van der Waals surface area contributed by atoms with Crippen LogP contribution in [-0.2, 0) is 0 Å². The maximum atomic E-state index is 9.56. The zero-order valence-corrected chi connectivity index (χ0v) is 12.1. The number of imidazole rings is 1. The Morgan fingerprint density at radius 3 is 2.86 bits per heavy atom. The third kappa shape index (κ3) is 2.89. The van der Waals surface area contributed by atoms with Crippen molar-refractivity contribution in [3.05, 3.63) is 17.7 Å². The molecule has 2 atom stereocenters. The lowest BCUT2D eigenvalue weighted by molar-refractivity contribution is 0.230. The van der Waals surface area contributed by atoms with Gasteiger partial charge in [-0.2, -0.15) is 15.8 Å². The van der Waals surface area contributed by atoms with Gasteiger partial charge in [-0.05, 0) is 38.6 Å². The monoisotopic (exact) mass is 282 g/mol. The maximum absolute atomic E-state index is 9.56. The summed E-state index contributed by atoms with van der Waals surface area (Å²) < 4.78 is 1.76. The molecule has 0 aromatic carbocycles. The zero-order chi connectivity index (χ0) is 15.3. The van der Waals surface area contributed by atoms with Crippen LogP contribution < -0.4 is 5.32 Å². The fourth-order valence-corrected chi connectivity index (χ4v) is 2.98. The lowest BCUT2D eigenvalue weighted by Gasteiger charge is -2.37. The Morgan fingerprint density at radius 1 is 1.43 bits per heavy atom. The van der Waals surface area contributed by atoms with Gasteiger partial charge < -0.3 is 4.57 Å². The Bertz CT molecular complexity index is 626. The normalized spacial score (nSPS) is 24.8. The molecule has 0 amide bonds. The molecule has 21 heavy (non-hydrogen) atoms. The quantitative estimate of drug-likeness (QED) is 0.910. The van der Waals surface area contributed by atoms with Crippen molar-refractivity contribution >= 4 is 0 Å². The Kier molecular flexibility index (Phi) is 4.58. The molecule has 1 aliphatic carbocycles. The van der Waals surface area contributed by atoms with Gasteiger partial charge in [0.15, 0.2) is 11.4 Å². The first kappa shape index (κ1) is 15.0. The molecule has 2 rings (SSSR count). The topological polar surface area (TPSA) is 101 Å². The van der Waals surface area contributed by atoms with Crippen LogP contribution in [-0.4, -0.2) is 21.6 Å². The van der Waals surface area contributed by atoms with Crippen LogP contribution in [0.15, 0.2) is 6.33 Å². The third-order valence-electron chi connectivity index (χ3n) is 4.05. The number of aromatic nitrogens is 2. The molecule has 1 heterocycles. The molecule has 0 radical (unpaired) electrons. The summed E-state index contributed by atoms with van der Waals surface area (Å²) in [6.45, 7) is 2.87. The van der Waals surface area contributed by atoms with Gasteiger partial charge in [0.2, 0.25) is 0 Å². The first-order chi connectivity index (χ1) is 10.2. The summed E-state index contributed by atoms with van der Waals surface area (Å²) in [5.74, 6) is 0. The van der Waals surface area contributed by atoms with Crippen LogP contribution in [0.2, 0.25) is 0 Å². The highest BCUT2D eigenvalue weighted by Gasteiger charge is 2.37. The predicted octanol–water partition coefficient (Wildman–Crippen LogP) is 2.00. The molecular formula is C15H18N6. The maximum Gasteiger partial charge on any atom is 0.176 e. The van der Waals surface area contributed by atoms with Crippen LogP contribution in [0.4, 0.5) is 0 Å². The third-order valence-corrected chi connectivity index (χ3v) is 4.05. The fourth-order valence-electron chi connectivity index (χ4n) is 2.98. The van der Waals surface area contributed by atoms with Crippen LogP contribution in [0.25, 0.3) is 0 Å². The zero-order valence-electron chi connectivity index (χ0n) is 12.1. The van der Waals surface area contributed by atoms with Crippen LogP contribution in [0.3, 0.4) is 0 Å². The van der Waals surface area contributed by atoms with Gasteiger partial charge in [0, 0.05) is 6.04 Å². The van der Waals surface area contributed by atoms with Crippen molar-refractivity contribution in [1.82, 2.24) is 14.9 Å². The van der Waals surface area contributed by atoms with Crippen molar-refractivity contribution in [2.24, 2.45) is 0 Å². The summed E-state index contributed by atoms with van der Waals surface area (Å²) in [6.07, 6.45) is 5.80. The van der Waals surface area contributed by atoms with E-state index in [1.54, 1.807) is 10.9 Å². The molecule has 1 N–H and O–H groups in total. The van der Waals surface area contributed by atoms with Gasteiger partial charge in [0.05, 0.1) is 12.4 Å². The SMILES string of the molecule is CCCNC1(C#N)CCCC(n2cnc(C#N)c2C#N)C1. The molecule has 1 fully saturated rings. The molecule has 108 valence electrons. The first-order valence-electron chi connectivity index (χ1n) is 7.23. The van der Waals surface area contributed by atoms with Crippen molar-refractivity contribution in [2.45, 2.75) is 50.6 Å². The molecule has 1 aromatic heterocycles. The highest BCUT2D eigenvalue weighted by atomic mass is 15.1. The summed E-state index contributed by atoms with van der Waals surface area (Å²) in [5, 5.41) is 31.1. The molecule has 0 spiro atoms. The molecule has 1 aromatic rings. The highest BCUT2D eigenvalue weighted by Crippen LogP contribution is 2.36. The van der Waals surface area contributed by atoms with Crippen LogP contribution in [0, 0.1) is 34.0 Å². The second kappa shape index (κ2) is 6.39. The summed E-state index contributed by atoms with van der Waals surface area (Å²) in [6, 6.07) is 6.45. The van der Waals surface area contributed by atoms with Crippen LogP contribution in [0.5, 0.6) is 0 Å². The molecule has 6 nitrogen and oxygen atoms in total. The van der Waals surface area contributed by atoms with E-state index in [-0.39, 0.29) is 11.7 Å². The van der Waals surface area contributed by atoms with E-state index in [0.29, 0.717) is 12.1 Å². The van der Waals surface area contributed by atoms with E-state index in [1.807, 2.05) is 6.07 Å². The molecule has 0 bridgehead atoms.